The van der Waals surface area contributed by atoms with Gasteiger partial charge in [0.2, 0.25) is 5.96 Å². The first-order valence-electron chi connectivity index (χ1n) is 3.08. The zero-order valence-electron chi connectivity index (χ0n) is 5.68. The molecule has 0 amide bonds. The second-order valence-electron chi connectivity index (χ2n) is 1.79. The van der Waals surface area contributed by atoms with E-state index in [9.17, 15) is 0 Å². The minimum atomic E-state index is 0.198. The summed E-state index contributed by atoms with van der Waals surface area (Å²) in [5.41, 5.74) is 5.20. The predicted octanol–water partition coefficient (Wildman–Crippen LogP) is -0.183. The van der Waals surface area contributed by atoms with E-state index in [1.165, 1.54) is 0 Å². The molecule has 0 aliphatic carbocycles. The number of guanidine groups is 1. The number of halogens is 1. The summed E-state index contributed by atoms with van der Waals surface area (Å²) >= 11 is 5.11. The lowest BCUT2D eigenvalue weighted by molar-refractivity contribution is 0.285. The van der Waals surface area contributed by atoms with E-state index in [1.807, 2.05) is 0 Å². The first kappa shape index (κ1) is 9.52. The van der Waals surface area contributed by atoms with Gasteiger partial charge in [0.05, 0.1) is 0 Å². The first-order valence-corrected chi connectivity index (χ1v) is 3.46. The summed E-state index contributed by atoms with van der Waals surface area (Å²) in [4.78, 5) is 6.00. The molecule has 0 radical (unpaired) electrons. The molecule has 0 aliphatic heterocycles. The highest BCUT2D eigenvalue weighted by Crippen LogP contribution is 1.86. The normalized spacial score (nSPS) is 11.6. The van der Waals surface area contributed by atoms with E-state index < -0.39 is 0 Å². The number of hydrogen-bond donors (Lipinski definition) is 3. The van der Waals surface area contributed by atoms with E-state index in [2.05, 4.69) is 9.83 Å². The average molecular weight is 166 g/mol. The second-order valence-corrected chi connectivity index (χ2v) is 1.98. The van der Waals surface area contributed by atoms with Gasteiger partial charge in [0.15, 0.2) is 0 Å². The quantitative estimate of drug-likeness (QED) is 0.234. The minimum absolute atomic E-state index is 0.198. The van der Waals surface area contributed by atoms with Gasteiger partial charge in [-0.3, -0.25) is 9.83 Å². The maximum Gasteiger partial charge on any atom is 0.203 e. The number of unbranched alkanes of at least 4 members (excludes halogenated alkanes) is 1. The van der Waals surface area contributed by atoms with E-state index in [4.69, 9.17) is 22.6 Å². The van der Waals surface area contributed by atoms with E-state index in [1.54, 1.807) is 0 Å². The fourth-order valence-corrected chi connectivity index (χ4v) is 0.513. The fourth-order valence-electron chi connectivity index (χ4n) is 0.453. The summed E-state index contributed by atoms with van der Waals surface area (Å²) in [5.74, 6) is 0.222. The molecule has 0 spiro atoms. The van der Waals surface area contributed by atoms with Crippen molar-refractivity contribution in [2.24, 2.45) is 10.7 Å². The molecule has 5 heteroatoms. The van der Waals surface area contributed by atoms with Crippen molar-refractivity contribution >= 4 is 17.7 Å². The number of hydrogen-bond acceptors (Lipinski definition) is 2. The average Bonchev–Trinajstić information content (AvgIpc) is 1.98. The Bertz CT molecular complexity index is 107. The van der Waals surface area contributed by atoms with Crippen molar-refractivity contribution < 1.29 is 5.11 Å². The molecular formula is C5H12ClN3O. The number of nitrogens with two attached hydrogens (primary N) is 1. The van der Waals surface area contributed by atoms with E-state index >= 15 is 0 Å². The summed E-state index contributed by atoms with van der Waals surface area (Å²) < 4.78 is 0. The van der Waals surface area contributed by atoms with Gasteiger partial charge in [-0.1, -0.05) is 0 Å². The van der Waals surface area contributed by atoms with Crippen LogP contribution in [0.1, 0.15) is 12.8 Å². The highest BCUT2D eigenvalue weighted by atomic mass is 35.5. The Morgan fingerprint density at radius 1 is 1.60 bits per heavy atom. The van der Waals surface area contributed by atoms with Crippen molar-refractivity contribution in [1.82, 2.24) is 4.84 Å². The third kappa shape index (κ3) is 5.65. The molecule has 0 unspecified atom stereocenters. The second kappa shape index (κ2) is 6.64. The molecule has 0 saturated carbocycles. The summed E-state index contributed by atoms with van der Waals surface area (Å²) in [6.45, 7) is 0.801. The molecule has 60 valence electrons. The topological polar surface area (TPSA) is 70.6 Å². The highest BCUT2D eigenvalue weighted by molar-refractivity contribution is 6.21. The van der Waals surface area contributed by atoms with Crippen LogP contribution in [0.2, 0.25) is 0 Å². The van der Waals surface area contributed by atoms with Crippen LogP contribution < -0.4 is 10.6 Å². The number of aliphatic imine (C=N–C) groups is 1. The van der Waals surface area contributed by atoms with Gasteiger partial charge in [-0.25, -0.2) is 0 Å². The number of aliphatic hydroxyl groups is 1. The molecule has 0 fully saturated rings. The Balaban J connectivity index is 3.16. The SMILES string of the molecule is NC(=NCCCCO)NCl. The molecule has 0 aromatic rings. The molecular weight excluding hydrogens is 154 g/mol. The predicted molar refractivity (Wildman–Crippen MR) is 41.8 cm³/mol. The third-order valence-corrected chi connectivity index (χ3v) is 1.14. The van der Waals surface area contributed by atoms with Crippen LogP contribution in [0.15, 0.2) is 4.99 Å². The fraction of sp³-hybridized carbons (Fsp3) is 0.800. The Morgan fingerprint density at radius 2 is 2.30 bits per heavy atom. The van der Waals surface area contributed by atoms with Crippen molar-refractivity contribution in [3.8, 4) is 0 Å². The number of nitrogens with zero attached hydrogens (tertiary/aromatic N) is 1. The van der Waals surface area contributed by atoms with Crippen molar-refractivity contribution in [1.29, 1.82) is 0 Å². The zero-order chi connectivity index (χ0) is 7.82. The smallest absolute Gasteiger partial charge is 0.203 e. The molecule has 0 aliphatic rings. The largest absolute Gasteiger partial charge is 0.396 e. The Labute approximate surface area is 65.2 Å². The molecule has 0 heterocycles. The monoisotopic (exact) mass is 165 g/mol. The third-order valence-electron chi connectivity index (χ3n) is 0.945. The summed E-state index contributed by atoms with van der Waals surface area (Å²) in [6.07, 6.45) is 1.58. The summed E-state index contributed by atoms with van der Waals surface area (Å²) in [5, 5.41) is 8.37. The van der Waals surface area contributed by atoms with Gasteiger partial charge in [0.25, 0.3) is 0 Å². The van der Waals surface area contributed by atoms with Crippen molar-refractivity contribution in [3.63, 3.8) is 0 Å². The highest BCUT2D eigenvalue weighted by Gasteiger charge is 1.86. The van der Waals surface area contributed by atoms with Crippen molar-refractivity contribution in [2.45, 2.75) is 12.8 Å². The number of aliphatic hydroxyl groups excluding tert-OH is 1. The van der Waals surface area contributed by atoms with E-state index in [-0.39, 0.29) is 12.6 Å². The molecule has 0 atom stereocenters. The van der Waals surface area contributed by atoms with Crippen LogP contribution in [-0.2, 0) is 0 Å². The van der Waals surface area contributed by atoms with Crippen LogP contribution >= 0.6 is 11.8 Å². The van der Waals surface area contributed by atoms with Crippen LogP contribution in [0.3, 0.4) is 0 Å². The first-order chi connectivity index (χ1) is 4.81. The molecule has 0 saturated heterocycles. The van der Waals surface area contributed by atoms with Crippen LogP contribution in [-0.4, -0.2) is 24.2 Å². The van der Waals surface area contributed by atoms with Gasteiger partial charge in [-0.2, -0.15) is 0 Å². The van der Waals surface area contributed by atoms with Gasteiger partial charge in [-0.15, -0.1) is 0 Å². The Hall–Kier alpha value is -0.480. The van der Waals surface area contributed by atoms with Gasteiger partial charge in [0, 0.05) is 24.9 Å². The minimum Gasteiger partial charge on any atom is -0.396 e. The standard InChI is InChI=1S/C5H12ClN3O/c6-9-5(7)8-3-1-2-4-10/h10H,1-4H2,(H3,7,8,9). The van der Waals surface area contributed by atoms with Crippen LogP contribution in [0, 0.1) is 0 Å². The molecule has 0 aromatic carbocycles. The Morgan fingerprint density at radius 3 is 2.80 bits per heavy atom. The lowest BCUT2D eigenvalue weighted by Crippen LogP contribution is -2.23. The van der Waals surface area contributed by atoms with Crippen LogP contribution in [0.25, 0.3) is 0 Å². The van der Waals surface area contributed by atoms with Gasteiger partial charge in [0.1, 0.15) is 0 Å². The molecule has 4 N–H and O–H groups in total. The van der Waals surface area contributed by atoms with Gasteiger partial charge >= 0.3 is 0 Å². The van der Waals surface area contributed by atoms with Crippen LogP contribution in [0.4, 0.5) is 0 Å². The van der Waals surface area contributed by atoms with Gasteiger partial charge in [-0.05, 0) is 12.8 Å². The van der Waals surface area contributed by atoms with E-state index in [0.717, 1.165) is 12.8 Å². The lowest BCUT2D eigenvalue weighted by Gasteiger charge is -1.95. The lowest BCUT2D eigenvalue weighted by atomic mass is 10.3. The van der Waals surface area contributed by atoms with Crippen molar-refractivity contribution in [3.05, 3.63) is 0 Å². The maximum absolute atomic E-state index is 8.37. The molecule has 0 rings (SSSR count). The molecule has 4 nitrogen and oxygen atoms in total. The van der Waals surface area contributed by atoms with E-state index in [0.29, 0.717) is 6.54 Å². The number of nitrogens with one attached hydrogen (secondary N) is 1. The van der Waals surface area contributed by atoms with Gasteiger partial charge < -0.3 is 10.8 Å². The molecule has 0 bridgehead atoms. The number of rotatable bonds is 4. The molecule has 0 aromatic heterocycles. The summed E-state index contributed by atoms with van der Waals surface area (Å²) in [7, 11) is 0. The maximum atomic E-state index is 8.37. The molecule has 10 heavy (non-hydrogen) atoms. The zero-order valence-corrected chi connectivity index (χ0v) is 6.43. The van der Waals surface area contributed by atoms with Crippen LogP contribution in [0.5, 0.6) is 0 Å². The Kier molecular flexibility index (Phi) is 6.32. The summed E-state index contributed by atoms with van der Waals surface area (Å²) in [6, 6.07) is 0. The van der Waals surface area contributed by atoms with Crippen molar-refractivity contribution in [2.75, 3.05) is 13.2 Å².